The largest absolute Gasteiger partial charge is 0.204 e. The molecule has 1 aliphatic rings. The molecule has 2 aromatic carbocycles. The van der Waals surface area contributed by atoms with Gasteiger partial charge in [0, 0.05) is 0 Å². The van der Waals surface area contributed by atoms with Crippen molar-refractivity contribution >= 4 is 0 Å². The van der Waals surface area contributed by atoms with Gasteiger partial charge in [-0.2, -0.15) is 0 Å². The second-order valence-corrected chi connectivity index (χ2v) is 6.50. The van der Waals surface area contributed by atoms with Gasteiger partial charge in [-0.05, 0) is 66.3 Å². The Bertz CT molecular complexity index is 645. The summed E-state index contributed by atoms with van der Waals surface area (Å²) in [6.07, 6.45) is 6.22. The normalized spacial score (nSPS) is 21.4. The van der Waals surface area contributed by atoms with E-state index in [0.29, 0.717) is 17.0 Å². The van der Waals surface area contributed by atoms with Crippen LogP contribution in [0.2, 0.25) is 0 Å². The molecule has 0 saturated heterocycles. The minimum Gasteiger partial charge on any atom is -0.204 e. The molecule has 122 valence electrons. The zero-order chi connectivity index (χ0) is 16.4. The molecule has 1 saturated carbocycles. The van der Waals surface area contributed by atoms with Crippen LogP contribution in [0.4, 0.5) is 13.2 Å². The van der Waals surface area contributed by atoms with Gasteiger partial charge < -0.3 is 0 Å². The quantitative estimate of drug-likeness (QED) is 0.570. The summed E-state index contributed by atoms with van der Waals surface area (Å²) in [5, 5.41) is 0. The summed E-state index contributed by atoms with van der Waals surface area (Å²) in [7, 11) is 0. The van der Waals surface area contributed by atoms with Crippen LogP contribution in [0.5, 0.6) is 0 Å². The smallest absolute Gasteiger partial charge is 0.194 e. The lowest BCUT2D eigenvalue weighted by Crippen LogP contribution is -2.12. The van der Waals surface area contributed by atoms with E-state index in [2.05, 4.69) is 6.92 Å². The van der Waals surface area contributed by atoms with Crippen LogP contribution in [0, 0.1) is 23.4 Å². The molecule has 0 atom stereocenters. The summed E-state index contributed by atoms with van der Waals surface area (Å²) in [5.74, 6) is -2.29. The molecule has 0 bridgehead atoms. The molecule has 0 N–H and O–H groups in total. The van der Waals surface area contributed by atoms with Gasteiger partial charge >= 0.3 is 0 Å². The van der Waals surface area contributed by atoms with E-state index in [1.165, 1.54) is 37.7 Å². The van der Waals surface area contributed by atoms with Gasteiger partial charge in [-0.25, -0.2) is 13.2 Å². The average molecular weight is 318 g/mol. The highest BCUT2D eigenvalue weighted by Gasteiger charge is 2.21. The molecule has 2 aromatic rings. The van der Waals surface area contributed by atoms with E-state index in [1.807, 2.05) is 24.3 Å². The van der Waals surface area contributed by atoms with Crippen LogP contribution in [-0.2, 0) is 0 Å². The summed E-state index contributed by atoms with van der Waals surface area (Å²) in [5.41, 5.74) is 2.35. The highest BCUT2D eigenvalue weighted by atomic mass is 19.2. The maximum absolute atomic E-state index is 13.4. The van der Waals surface area contributed by atoms with Crippen LogP contribution < -0.4 is 0 Å². The zero-order valence-corrected chi connectivity index (χ0v) is 13.3. The van der Waals surface area contributed by atoms with E-state index in [4.69, 9.17) is 0 Å². The minimum atomic E-state index is -1.42. The molecule has 0 radical (unpaired) electrons. The SMILES string of the molecule is CCC1CCC(c2ccc(-c3cc(F)c(F)c(F)c3)cc2)CC1. The maximum atomic E-state index is 13.4. The van der Waals surface area contributed by atoms with Gasteiger partial charge in [0.15, 0.2) is 17.5 Å². The molecule has 3 rings (SSSR count). The lowest BCUT2D eigenvalue weighted by Gasteiger charge is -2.28. The molecular weight excluding hydrogens is 297 g/mol. The molecule has 0 aliphatic heterocycles. The summed E-state index contributed by atoms with van der Waals surface area (Å²) in [4.78, 5) is 0. The second kappa shape index (κ2) is 6.77. The molecule has 0 amide bonds. The fourth-order valence-electron chi connectivity index (χ4n) is 3.57. The van der Waals surface area contributed by atoms with E-state index < -0.39 is 17.5 Å². The van der Waals surface area contributed by atoms with Crippen molar-refractivity contribution in [2.75, 3.05) is 0 Å². The van der Waals surface area contributed by atoms with E-state index in [-0.39, 0.29) is 0 Å². The molecule has 0 nitrogen and oxygen atoms in total. The monoisotopic (exact) mass is 318 g/mol. The van der Waals surface area contributed by atoms with Crippen molar-refractivity contribution in [1.29, 1.82) is 0 Å². The summed E-state index contributed by atoms with van der Waals surface area (Å²) in [6, 6.07) is 9.89. The van der Waals surface area contributed by atoms with Crippen LogP contribution in [0.3, 0.4) is 0 Å². The second-order valence-electron chi connectivity index (χ2n) is 6.50. The lowest BCUT2D eigenvalue weighted by molar-refractivity contribution is 0.319. The highest BCUT2D eigenvalue weighted by molar-refractivity contribution is 5.64. The number of benzene rings is 2. The van der Waals surface area contributed by atoms with Crippen LogP contribution in [-0.4, -0.2) is 0 Å². The first-order valence-corrected chi connectivity index (χ1v) is 8.33. The van der Waals surface area contributed by atoms with Gasteiger partial charge in [-0.15, -0.1) is 0 Å². The number of rotatable bonds is 3. The van der Waals surface area contributed by atoms with Gasteiger partial charge in [-0.3, -0.25) is 0 Å². The molecule has 3 heteroatoms. The first-order chi connectivity index (χ1) is 11.1. The molecule has 23 heavy (non-hydrogen) atoms. The molecule has 0 unspecified atom stereocenters. The Morgan fingerprint density at radius 3 is 1.91 bits per heavy atom. The Hall–Kier alpha value is -1.77. The van der Waals surface area contributed by atoms with Gasteiger partial charge in [0.05, 0.1) is 0 Å². The first kappa shape index (κ1) is 16.1. The Kier molecular flexibility index (Phi) is 4.74. The Morgan fingerprint density at radius 1 is 0.826 bits per heavy atom. The molecule has 0 heterocycles. The highest BCUT2D eigenvalue weighted by Crippen LogP contribution is 2.37. The van der Waals surface area contributed by atoms with Crippen LogP contribution in [0.1, 0.15) is 50.5 Å². The predicted octanol–water partition coefficient (Wildman–Crippen LogP) is 6.45. The maximum Gasteiger partial charge on any atom is 0.194 e. The molecule has 1 aliphatic carbocycles. The third-order valence-electron chi connectivity index (χ3n) is 5.12. The molecule has 0 spiro atoms. The van der Waals surface area contributed by atoms with E-state index in [9.17, 15) is 13.2 Å². The van der Waals surface area contributed by atoms with Crippen LogP contribution in [0.15, 0.2) is 36.4 Å². The van der Waals surface area contributed by atoms with Crippen LogP contribution in [0.25, 0.3) is 11.1 Å². The van der Waals surface area contributed by atoms with Crippen LogP contribution >= 0.6 is 0 Å². The topological polar surface area (TPSA) is 0 Å². The number of hydrogen-bond acceptors (Lipinski definition) is 0. The minimum absolute atomic E-state index is 0.364. The number of hydrogen-bond donors (Lipinski definition) is 0. The summed E-state index contributed by atoms with van der Waals surface area (Å²) in [6.45, 7) is 2.25. The third-order valence-corrected chi connectivity index (χ3v) is 5.12. The predicted molar refractivity (Wildman–Crippen MR) is 86.7 cm³/mol. The average Bonchev–Trinajstić information content (AvgIpc) is 2.59. The third kappa shape index (κ3) is 3.44. The first-order valence-electron chi connectivity index (χ1n) is 8.33. The standard InChI is InChI=1S/C20H21F3/c1-2-13-3-5-14(6-4-13)15-7-9-16(10-8-15)17-11-18(21)20(23)19(22)12-17/h7-14H,2-6H2,1H3. The van der Waals surface area contributed by atoms with Gasteiger partial charge in [0.25, 0.3) is 0 Å². The zero-order valence-electron chi connectivity index (χ0n) is 13.3. The number of halogens is 3. The Morgan fingerprint density at radius 2 is 1.39 bits per heavy atom. The van der Waals surface area contributed by atoms with E-state index in [0.717, 1.165) is 18.1 Å². The Labute approximate surface area is 135 Å². The van der Waals surface area contributed by atoms with Crippen molar-refractivity contribution in [1.82, 2.24) is 0 Å². The lowest BCUT2D eigenvalue weighted by atomic mass is 9.77. The molecular formula is C20H21F3. The van der Waals surface area contributed by atoms with Crippen molar-refractivity contribution in [3.63, 3.8) is 0 Å². The van der Waals surface area contributed by atoms with E-state index in [1.54, 1.807) is 0 Å². The fourth-order valence-corrected chi connectivity index (χ4v) is 3.57. The summed E-state index contributed by atoms with van der Waals surface area (Å²) >= 11 is 0. The van der Waals surface area contributed by atoms with Crippen molar-refractivity contribution in [3.05, 3.63) is 59.4 Å². The van der Waals surface area contributed by atoms with Crippen molar-refractivity contribution < 1.29 is 13.2 Å². The van der Waals surface area contributed by atoms with Crippen molar-refractivity contribution in [2.45, 2.75) is 44.9 Å². The molecule has 0 aromatic heterocycles. The molecule has 1 fully saturated rings. The van der Waals surface area contributed by atoms with Gasteiger partial charge in [-0.1, -0.05) is 37.6 Å². The van der Waals surface area contributed by atoms with E-state index >= 15 is 0 Å². The van der Waals surface area contributed by atoms with Gasteiger partial charge in [0.1, 0.15) is 0 Å². The van der Waals surface area contributed by atoms with Crippen molar-refractivity contribution in [2.24, 2.45) is 5.92 Å². The van der Waals surface area contributed by atoms with Gasteiger partial charge in [0.2, 0.25) is 0 Å². The fraction of sp³-hybridized carbons (Fsp3) is 0.400. The van der Waals surface area contributed by atoms with Crippen molar-refractivity contribution in [3.8, 4) is 11.1 Å². The summed E-state index contributed by atoms with van der Waals surface area (Å²) < 4.78 is 39.7. The Balaban J connectivity index is 1.77.